The Morgan fingerprint density at radius 2 is 1.96 bits per heavy atom. The number of aromatic amines is 1. The number of nitrogens with zero attached hydrogens (tertiary/aromatic N) is 4. The minimum Gasteiger partial charge on any atom is -0.455 e. The zero-order valence-electron chi connectivity index (χ0n) is 15.2. The number of nitro benzene ring substituents is 1. The molecule has 3 aromatic rings. The summed E-state index contributed by atoms with van der Waals surface area (Å²) in [5, 5.41) is 16.4. The first-order valence-electron chi connectivity index (χ1n) is 8.35. The maximum atomic E-state index is 11.8. The first kappa shape index (κ1) is 18.8. The first-order chi connectivity index (χ1) is 13.4. The number of anilines is 1. The van der Waals surface area contributed by atoms with Crippen LogP contribution in [0, 0.1) is 10.1 Å². The molecule has 1 aromatic carbocycles. The van der Waals surface area contributed by atoms with Gasteiger partial charge in [-0.3, -0.25) is 24.5 Å². The van der Waals surface area contributed by atoms with Gasteiger partial charge in [0.25, 0.3) is 11.2 Å². The molecule has 0 fully saturated rings. The van der Waals surface area contributed by atoms with E-state index >= 15 is 0 Å². The molecule has 0 aliphatic heterocycles. The van der Waals surface area contributed by atoms with Crippen molar-refractivity contribution in [3.63, 3.8) is 0 Å². The van der Waals surface area contributed by atoms with E-state index in [4.69, 9.17) is 4.42 Å². The highest BCUT2D eigenvalue weighted by atomic mass is 16.6. The molecular formula is C18H17N5O5. The number of furan rings is 1. The lowest BCUT2D eigenvalue weighted by Crippen LogP contribution is -2.34. The van der Waals surface area contributed by atoms with Gasteiger partial charge in [0.05, 0.1) is 11.1 Å². The average Bonchev–Trinajstić information content (AvgIpc) is 3.15. The molecule has 28 heavy (non-hydrogen) atoms. The number of hydrogen-bond donors (Lipinski definition) is 1. The van der Waals surface area contributed by atoms with Crippen LogP contribution in [0.25, 0.3) is 11.3 Å². The number of rotatable bonds is 6. The molecule has 0 atom stereocenters. The number of non-ortho nitro benzene ring substituents is 1. The van der Waals surface area contributed by atoms with E-state index in [1.54, 1.807) is 24.3 Å². The van der Waals surface area contributed by atoms with Gasteiger partial charge in [-0.1, -0.05) is 0 Å². The van der Waals surface area contributed by atoms with Crippen molar-refractivity contribution in [1.29, 1.82) is 0 Å². The molecule has 0 bridgehead atoms. The molecule has 10 heteroatoms. The summed E-state index contributed by atoms with van der Waals surface area (Å²) in [5.74, 6) is 1.24. The lowest BCUT2D eigenvalue weighted by Gasteiger charge is -2.15. The Labute approximate surface area is 158 Å². The summed E-state index contributed by atoms with van der Waals surface area (Å²) in [5.41, 5.74) is -0.285. The van der Waals surface area contributed by atoms with E-state index < -0.39 is 16.2 Å². The predicted molar refractivity (Wildman–Crippen MR) is 104 cm³/mol. The molecule has 0 saturated carbocycles. The van der Waals surface area contributed by atoms with Crippen molar-refractivity contribution in [1.82, 2.24) is 9.55 Å². The van der Waals surface area contributed by atoms with Gasteiger partial charge in [0.2, 0.25) is 0 Å². The summed E-state index contributed by atoms with van der Waals surface area (Å²) in [6.07, 6.45) is 1.45. The topological polar surface area (TPSA) is 127 Å². The Morgan fingerprint density at radius 1 is 1.25 bits per heavy atom. The molecule has 0 radical (unpaired) electrons. The van der Waals surface area contributed by atoms with Crippen molar-refractivity contribution < 1.29 is 9.34 Å². The van der Waals surface area contributed by atoms with Crippen molar-refractivity contribution in [2.24, 2.45) is 12.1 Å². The monoisotopic (exact) mass is 383 g/mol. The normalized spacial score (nSPS) is 11.1. The Morgan fingerprint density at radius 3 is 2.57 bits per heavy atom. The average molecular weight is 383 g/mol. The van der Waals surface area contributed by atoms with Crippen molar-refractivity contribution in [2.45, 2.75) is 6.92 Å². The second-order valence-electron chi connectivity index (χ2n) is 5.82. The quantitative estimate of drug-likeness (QED) is 0.394. The third kappa shape index (κ3) is 3.90. The van der Waals surface area contributed by atoms with Crippen LogP contribution in [-0.2, 0) is 7.05 Å². The Hall–Kier alpha value is -3.95. The lowest BCUT2D eigenvalue weighted by molar-refractivity contribution is -0.384. The lowest BCUT2D eigenvalue weighted by atomic mass is 10.1. The van der Waals surface area contributed by atoms with Gasteiger partial charge in [0.1, 0.15) is 17.3 Å². The summed E-state index contributed by atoms with van der Waals surface area (Å²) >= 11 is 0. The van der Waals surface area contributed by atoms with E-state index in [0.717, 1.165) is 4.57 Å². The zero-order chi connectivity index (χ0) is 20.3. The van der Waals surface area contributed by atoms with Gasteiger partial charge in [-0.05, 0) is 31.2 Å². The van der Waals surface area contributed by atoms with Gasteiger partial charge in [0.15, 0.2) is 0 Å². The fraction of sp³-hybridized carbons (Fsp3) is 0.167. The molecule has 0 amide bonds. The summed E-state index contributed by atoms with van der Waals surface area (Å²) < 4.78 is 6.65. The highest BCUT2D eigenvalue weighted by molar-refractivity contribution is 5.78. The fourth-order valence-electron chi connectivity index (χ4n) is 2.45. The van der Waals surface area contributed by atoms with Crippen LogP contribution < -0.4 is 16.3 Å². The molecule has 0 spiro atoms. The molecule has 10 nitrogen and oxygen atoms in total. The molecule has 2 heterocycles. The van der Waals surface area contributed by atoms with Crippen LogP contribution >= 0.6 is 0 Å². The number of aromatic nitrogens is 2. The van der Waals surface area contributed by atoms with Crippen LogP contribution in [0.4, 0.5) is 11.5 Å². The summed E-state index contributed by atoms with van der Waals surface area (Å²) in [6.45, 7) is 2.23. The second kappa shape index (κ2) is 7.74. The SMILES string of the molecule is CCN(/N=C/c1ccc(-c2ccc([N+](=O)[O-])cc2)o1)c1cc(=O)n(C)c(=O)[nH]1. The van der Waals surface area contributed by atoms with Crippen LogP contribution in [-0.4, -0.2) is 27.2 Å². The molecule has 0 unspecified atom stereocenters. The largest absolute Gasteiger partial charge is 0.455 e. The van der Waals surface area contributed by atoms with Gasteiger partial charge in [0, 0.05) is 37.4 Å². The van der Waals surface area contributed by atoms with Gasteiger partial charge in [-0.2, -0.15) is 5.10 Å². The number of hydrazone groups is 1. The number of nitro groups is 1. The predicted octanol–water partition coefficient (Wildman–Crippen LogP) is 2.10. The van der Waals surface area contributed by atoms with E-state index in [-0.39, 0.29) is 11.5 Å². The Bertz CT molecular complexity index is 1110. The second-order valence-corrected chi connectivity index (χ2v) is 5.82. The third-order valence-electron chi connectivity index (χ3n) is 4.02. The van der Waals surface area contributed by atoms with Crippen LogP contribution in [0.2, 0.25) is 0 Å². The zero-order valence-corrected chi connectivity index (χ0v) is 15.2. The molecule has 0 aliphatic carbocycles. The minimum absolute atomic E-state index is 0.00123. The molecule has 3 rings (SSSR count). The summed E-state index contributed by atoms with van der Waals surface area (Å²) in [4.78, 5) is 36.4. The minimum atomic E-state index is -0.533. The molecule has 1 N–H and O–H groups in total. The van der Waals surface area contributed by atoms with E-state index in [2.05, 4.69) is 10.1 Å². The molecule has 0 saturated heterocycles. The van der Waals surface area contributed by atoms with Crippen molar-refractivity contribution in [3.8, 4) is 11.3 Å². The smallest absolute Gasteiger partial charge is 0.329 e. The fourth-order valence-corrected chi connectivity index (χ4v) is 2.45. The van der Waals surface area contributed by atoms with Crippen LogP contribution in [0.3, 0.4) is 0 Å². The Balaban J connectivity index is 1.81. The van der Waals surface area contributed by atoms with E-state index in [0.29, 0.717) is 23.6 Å². The number of benzene rings is 1. The van der Waals surface area contributed by atoms with Gasteiger partial charge in [-0.25, -0.2) is 9.80 Å². The maximum Gasteiger partial charge on any atom is 0.329 e. The van der Waals surface area contributed by atoms with E-state index in [1.807, 2.05) is 6.92 Å². The number of nitrogens with one attached hydrogen (secondary N) is 1. The van der Waals surface area contributed by atoms with E-state index in [1.165, 1.54) is 36.5 Å². The first-order valence-corrected chi connectivity index (χ1v) is 8.35. The molecule has 2 aromatic heterocycles. The van der Waals surface area contributed by atoms with Gasteiger partial charge in [-0.15, -0.1) is 0 Å². The van der Waals surface area contributed by atoms with Crippen LogP contribution in [0.15, 0.2) is 61.6 Å². The maximum absolute atomic E-state index is 11.8. The van der Waals surface area contributed by atoms with E-state index in [9.17, 15) is 19.7 Å². The highest BCUT2D eigenvalue weighted by Gasteiger charge is 2.09. The number of H-pyrrole nitrogens is 1. The van der Waals surface area contributed by atoms with Crippen LogP contribution in [0.1, 0.15) is 12.7 Å². The summed E-state index contributed by atoms with van der Waals surface area (Å²) in [7, 11) is 1.38. The Kier molecular flexibility index (Phi) is 5.21. The number of hydrogen-bond acceptors (Lipinski definition) is 7. The van der Waals surface area contributed by atoms with Crippen molar-refractivity contribution >= 4 is 17.7 Å². The molecular weight excluding hydrogens is 366 g/mol. The third-order valence-corrected chi connectivity index (χ3v) is 4.02. The standard InChI is InChI=1S/C18H17N5O5/c1-3-22(16-10-17(24)21(2)18(25)20-16)19-11-14-8-9-15(28-14)12-4-6-13(7-5-12)23(26)27/h4-11H,3H2,1-2H3,(H,20,25)/b19-11+. The highest BCUT2D eigenvalue weighted by Crippen LogP contribution is 2.24. The van der Waals surface area contributed by atoms with Crippen LogP contribution in [0.5, 0.6) is 0 Å². The van der Waals surface area contributed by atoms with Gasteiger partial charge < -0.3 is 4.42 Å². The van der Waals surface area contributed by atoms with Crippen molar-refractivity contribution in [2.75, 3.05) is 11.6 Å². The molecule has 0 aliphatic rings. The van der Waals surface area contributed by atoms with Gasteiger partial charge >= 0.3 is 5.69 Å². The molecule has 144 valence electrons. The van der Waals surface area contributed by atoms with Crippen molar-refractivity contribution in [3.05, 3.63) is 79.2 Å². The summed E-state index contributed by atoms with van der Waals surface area (Å²) in [6, 6.07) is 10.7.